The number of hydrogen-bond acceptors (Lipinski definition) is 4. The highest BCUT2D eigenvalue weighted by Gasteiger charge is 2.09. The lowest BCUT2D eigenvalue weighted by Gasteiger charge is -1.91. The van der Waals surface area contributed by atoms with Crippen LogP contribution >= 0.6 is 11.3 Å². The summed E-state index contributed by atoms with van der Waals surface area (Å²) < 4.78 is 0. The minimum atomic E-state index is -0.919. The first-order valence-corrected chi connectivity index (χ1v) is 4.69. The molecule has 0 saturated carbocycles. The molecule has 0 radical (unpaired) electrons. The molecule has 2 aromatic rings. The largest absolute Gasteiger partial charge is 0.477 e. The first-order chi connectivity index (χ1) is 6.77. The van der Waals surface area contributed by atoms with Crippen LogP contribution in [-0.2, 0) is 0 Å². The van der Waals surface area contributed by atoms with Crippen LogP contribution in [0.2, 0.25) is 0 Å². The first kappa shape index (κ1) is 8.83. The summed E-state index contributed by atoms with van der Waals surface area (Å²) in [7, 11) is 0. The normalized spacial score (nSPS) is 10.0. The summed E-state index contributed by atoms with van der Waals surface area (Å²) in [5.74, 6) is -0.359. The van der Waals surface area contributed by atoms with Crippen molar-refractivity contribution in [3.8, 4) is 10.7 Å². The summed E-state index contributed by atoms with van der Waals surface area (Å²) in [6.07, 6.45) is 3.25. The van der Waals surface area contributed by atoms with E-state index in [0.717, 1.165) is 4.88 Å². The fraction of sp³-hybridized carbons (Fsp3) is 0. The van der Waals surface area contributed by atoms with Gasteiger partial charge >= 0.3 is 5.97 Å². The Morgan fingerprint density at radius 1 is 1.29 bits per heavy atom. The summed E-state index contributed by atoms with van der Waals surface area (Å²) in [4.78, 5) is 19.7. The summed E-state index contributed by atoms with van der Waals surface area (Å²) >= 11 is 1.17. The predicted octanol–water partition coefficient (Wildman–Crippen LogP) is 1.90. The van der Waals surface area contributed by atoms with Gasteiger partial charge in [-0.1, -0.05) is 0 Å². The molecule has 2 aromatic heterocycles. The van der Waals surface area contributed by atoms with Crippen LogP contribution in [-0.4, -0.2) is 21.0 Å². The average molecular weight is 206 g/mol. The Balaban J connectivity index is 2.39. The average Bonchev–Trinajstić information content (AvgIpc) is 2.68. The molecule has 0 amide bonds. The molecule has 4 nitrogen and oxygen atoms in total. The molecule has 2 heterocycles. The van der Waals surface area contributed by atoms with Crippen LogP contribution in [0.1, 0.15) is 9.67 Å². The molecule has 0 unspecified atom stereocenters. The second-order valence-electron chi connectivity index (χ2n) is 2.54. The number of hydrogen-bond donors (Lipinski definition) is 1. The quantitative estimate of drug-likeness (QED) is 0.815. The molecule has 0 saturated heterocycles. The third-order valence-corrected chi connectivity index (χ3v) is 2.67. The highest BCUT2D eigenvalue weighted by atomic mass is 32.1. The Bertz CT molecular complexity index is 453. The van der Waals surface area contributed by atoms with Crippen molar-refractivity contribution in [2.45, 2.75) is 0 Å². The van der Waals surface area contributed by atoms with Crippen molar-refractivity contribution in [2.24, 2.45) is 0 Å². The summed E-state index contributed by atoms with van der Waals surface area (Å²) in [5, 5.41) is 8.71. The van der Waals surface area contributed by atoms with Crippen LogP contribution in [0.4, 0.5) is 0 Å². The van der Waals surface area contributed by atoms with E-state index in [9.17, 15) is 4.79 Å². The number of rotatable bonds is 2. The zero-order valence-electron chi connectivity index (χ0n) is 7.04. The van der Waals surface area contributed by atoms with Gasteiger partial charge in [-0.05, 0) is 18.2 Å². The van der Waals surface area contributed by atoms with E-state index < -0.39 is 5.97 Å². The zero-order chi connectivity index (χ0) is 9.97. The molecule has 0 aliphatic rings. The summed E-state index contributed by atoms with van der Waals surface area (Å²) in [6.45, 7) is 0. The number of aromatic nitrogens is 2. The SMILES string of the molecule is O=C(O)c1ccc(-c2ncccn2)s1. The Morgan fingerprint density at radius 2 is 2.00 bits per heavy atom. The van der Waals surface area contributed by atoms with Crippen molar-refractivity contribution in [3.05, 3.63) is 35.5 Å². The highest BCUT2D eigenvalue weighted by molar-refractivity contribution is 7.17. The molecule has 0 atom stereocenters. The molecule has 0 aromatic carbocycles. The number of carboxylic acids is 1. The van der Waals surface area contributed by atoms with Gasteiger partial charge in [0.2, 0.25) is 0 Å². The van der Waals surface area contributed by atoms with Crippen molar-refractivity contribution in [1.82, 2.24) is 9.97 Å². The number of aromatic carboxylic acids is 1. The van der Waals surface area contributed by atoms with Crippen LogP contribution in [0.5, 0.6) is 0 Å². The molecule has 1 N–H and O–H groups in total. The second-order valence-corrected chi connectivity index (χ2v) is 3.63. The van der Waals surface area contributed by atoms with E-state index in [1.165, 1.54) is 11.3 Å². The van der Waals surface area contributed by atoms with Gasteiger partial charge in [0.05, 0.1) is 4.88 Å². The standard InChI is InChI=1S/C9H6N2O2S/c12-9(13)7-3-2-6(14-7)8-10-4-1-5-11-8/h1-5H,(H,12,13). The summed E-state index contributed by atoms with van der Waals surface area (Å²) in [5.41, 5.74) is 0. The van der Waals surface area contributed by atoms with Crippen LogP contribution in [0.3, 0.4) is 0 Å². The third-order valence-electron chi connectivity index (χ3n) is 1.60. The number of carbonyl (C=O) groups is 1. The van der Waals surface area contributed by atoms with Gasteiger partial charge < -0.3 is 5.11 Å². The molecular formula is C9H6N2O2S. The third kappa shape index (κ3) is 1.62. The Kier molecular flexibility index (Phi) is 2.24. The van der Waals surface area contributed by atoms with Gasteiger partial charge in [-0.15, -0.1) is 11.3 Å². The second kappa shape index (κ2) is 3.55. The molecule has 2 rings (SSSR count). The monoisotopic (exact) mass is 206 g/mol. The molecule has 0 aliphatic carbocycles. The molecule has 0 bridgehead atoms. The van der Waals surface area contributed by atoms with Crippen molar-refractivity contribution in [3.63, 3.8) is 0 Å². The van der Waals surface area contributed by atoms with Crippen LogP contribution in [0.25, 0.3) is 10.7 Å². The van der Waals surface area contributed by atoms with Gasteiger partial charge in [-0.3, -0.25) is 0 Å². The maximum absolute atomic E-state index is 10.6. The fourth-order valence-electron chi connectivity index (χ4n) is 0.999. The number of thiophene rings is 1. The van der Waals surface area contributed by atoms with E-state index in [2.05, 4.69) is 9.97 Å². The fourth-order valence-corrected chi connectivity index (χ4v) is 1.79. The van der Waals surface area contributed by atoms with Crippen molar-refractivity contribution in [2.75, 3.05) is 0 Å². The lowest BCUT2D eigenvalue weighted by Crippen LogP contribution is -1.89. The van der Waals surface area contributed by atoms with E-state index in [-0.39, 0.29) is 0 Å². The van der Waals surface area contributed by atoms with Gasteiger partial charge in [0.1, 0.15) is 4.88 Å². The zero-order valence-corrected chi connectivity index (χ0v) is 7.86. The van der Waals surface area contributed by atoms with E-state index in [4.69, 9.17) is 5.11 Å². The topological polar surface area (TPSA) is 63.1 Å². The lowest BCUT2D eigenvalue weighted by molar-refractivity contribution is 0.0702. The van der Waals surface area contributed by atoms with E-state index in [1.807, 2.05) is 0 Å². The molecule has 70 valence electrons. The van der Waals surface area contributed by atoms with Crippen LogP contribution in [0.15, 0.2) is 30.6 Å². The predicted molar refractivity (Wildman–Crippen MR) is 52.3 cm³/mol. The van der Waals surface area contributed by atoms with Gasteiger partial charge in [-0.2, -0.15) is 0 Å². The minimum Gasteiger partial charge on any atom is -0.477 e. The maximum atomic E-state index is 10.6. The first-order valence-electron chi connectivity index (χ1n) is 3.88. The van der Waals surface area contributed by atoms with E-state index in [1.54, 1.807) is 30.6 Å². The van der Waals surface area contributed by atoms with Crippen molar-refractivity contribution >= 4 is 17.3 Å². The van der Waals surface area contributed by atoms with Crippen molar-refractivity contribution < 1.29 is 9.90 Å². The minimum absolute atomic E-state index is 0.299. The van der Waals surface area contributed by atoms with Gasteiger partial charge in [-0.25, -0.2) is 14.8 Å². The number of nitrogens with zero attached hydrogens (tertiary/aromatic N) is 2. The summed E-state index contributed by atoms with van der Waals surface area (Å²) in [6, 6.07) is 4.98. The number of carboxylic acid groups (broad SMARTS) is 1. The Morgan fingerprint density at radius 3 is 2.57 bits per heavy atom. The van der Waals surface area contributed by atoms with Crippen LogP contribution < -0.4 is 0 Å². The van der Waals surface area contributed by atoms with E-state index >= 15 is 0 Å². The maximum Gasteiger partial charge on any atom is 0.345 e. The van der Waals surface area contributed by atoms with Gasteiger partial charge in [0.15, 0.2) is 5.82 Å². The smallest absolute Gasteiger partial charge is 0.345 e. The van der Waals surface area contributed by atoms with Gasteiger partial charge in [0, 0.05) is 12.4 Å². The van der Waals surface area contributed by atoms with Gasteiger partial charge in [0.25, 0.3) is 0 Å². The molecule has 0 fully saturated rings. The van der Waals surface area contributed by atoms with Crippen LogP contribution in [0, 0.1) is 0 Å². The molecular weight excluding hydrogens is 200 g/mol. The highest BCUT2D eigenvalue weighted by Crippen LogP contribution is 2.24. The van der Waals surface area contributed by atoms with E-state index in [0.29, 0.717) is 10.7 Å². The lowest BCUT2D eigenvalue weighted by atomic mass is 10.4. The molecule has 14 heavy (non-hydrogen) atoms. The van der Waals surface area contributed by atoms with Crippen molar-refractivity contribution in [1.29, 1.82) is 0 Å². The molecule has 0 aliphatic heterocycles. The molecule has 5 heteroatoms. The Hall–Kier alpha value is -1.75. The molecule has 0 spiro atoms. The Labute approximate surface area is 83.9 Å².